The van der Waals surface area contributed by atoms with Crippen molar-refractivity contribution in [2.24, 2.45) is 0 Å². The predicted molar refractivity (Wildman–Crippen MR) is 115 cm³/mol. The molecule has 3 rings (SSSR count). The van der Waals surface area contributed by atoms with Crippen LogP contribution >= 0.6 is 11.6 Å². The average molecular weight is 432 g/mol. The van der Waals surface area contributed by atoms with Crippen LogP contribution in [0.4, 0.5) is 5.69 Å². The molecule has 0 unspecified atom stereocenters. The zero-order valence-corrected chi connectivity index (χ0v) is 17.8. The first-order valence-electron chi connectivity index (χ1n) is 9.91. The highest BCUT2D eigenvalue weighted by atomic mass is 35.5. The van der Waals surface area contributed by atoms with E-state index < -0.39 is 0 Å². The molecule has 1 fully saturated rings. The van der Waals surface area contributed by atoms with Gasteiger partial charge in [0.15, 0.2) is 0 Å². The molecule has 160 valence electrons. The Hall–Kier alpha value is -2.71. The summed E-state index contributed by atoms with van der Waals surface area (Å²) in [5.41, 5.74) is 1.25. The Morgan fingerprint density at radius 2 is 1.90 bits per heavy atom. The molecule has 2 amide bonds. The molecule has 0 atom stereocenters. The van der Waals surface area contributed by atoms with Crippen molar-refractivity contribution >= 4 is 29.1 Å². The van der Waals surface area contributed by atoms with E-state index in [1.54, 1.807) is 12.0 Å². The Kier molecular flexibility index (Phi) is 7.98. The van der Waals surface area contributed by atoms with E-state index >= 15 is 0 Å². The summed E-state index contributed by atoms with van der Waals surface area (Å²) in [4.78, 5) is 39.1. The van der Waals surface area contributed by atoms with Crippen LogP contribution in [-0.4, -0.2) is 84.6 Å². The first-order chi connectivity index (χ1) is 14.6. The summed E-state index contributed by atoms with van der Waals surface area (Å²) in [5, 5.41) is 0.716. The fourth-order valence-electron chi connectivity index (χ4n) is 3.38. The summed E-state index contributed by atoms with van der Waals surface area (Å²) in [6.45, 7) is 3.78. The molecule has 8 nitrogen and oxygen atoms in total. The Balaban J connectivity index is 1.53. The van der Waals surface area contributed by atoms with E-state index in [2.05, 4.69) is 14.9 Å². The number of methoxy groups -OCH3 is 1. The number of piperazine rings is 1. The molecule has 0 aliphatic carbocycles. The smallest absolute Gasteiger partial charge is 0.274 e. The fourth-order valence-corrected chi connectivity index (χ4v) is 3.64. The molecule has 1 saturated heterocycles. The van der Waals surface area contributed by atoms with Gasteiger partial charge in [-0.3, -0.25) is 14.6 Å². The third kappa shape index (κ3) is 5.67. The molecule has 30 heavy (non-hydrogen) atoms. The largest absolute Gasteiger partial charge is 0.383 e. The summed E-state index contributed by atoms with van der Waals surface area (Å²) in [6, 6.07) is 7.73. The predicted octanol–water partition coefficient (Wildman–Crippen LogP) is 1.96. The summed E-state index contributed by atoms with van der Waals surface area (Å²) < 4.78 is 5.10. The number of rotatable bonds is 8. The van der Waals surface area contributed by atoms with Crippen LogP contribution in [0.15, 0.2) is 42.9 Å². The lowest BCUT2D eigenvalue weighted by Crippen LogP contribution is -2.49. The number of amides is 2. The number of carbonyl (C=O) groups excluding carboxylic acids is 2. The number of hydrogen-bond donors (Lipinski definition) is 0. The van der Waals surface area contributed by atoms with E-state index in [9.17, 15) is 9.59 Å². The number of benzene rings is 1. The van der Waals surface area contributed by atoms with Crippen LogP contribution in [0.3, 0.4) is 0 Å². The van der Waals surface area contributed by atoms with Crippen LogP contribution in [0.5, 0.6) is 0 Å². The van der Waals surface area contributed by atoms with Gasteiger partial charge in [0.05, 0.1) is 23.5 Å². The number of para-hydroxylation sites is 1. The minimum absolute atomic E-state index is 0.0307. The molecule has 0 bridgehead atoms. The molecule has 1 aromatic carbocycles. The second kappa shape index (κ2) is 10.9. The van der Waals surface area contributed by atoms with Crippen LogP contribution in [0.25, 0.3) is 0 Å². The fraction of sp³-hybridized carbons (Fsp3) is 0.429. The van der Waals surface area contributed by atoms with Gasteiger partial charge in [-0.1, -0.05) is 23.7 Å². The highest BCUT2D eigenvalue weighted by Gasteiger charge is 2.24. The maximum absolute atomic E-state index is 12.7. The van der Waals surface area contributed by atoms with Gasteiger partial charge in [0.2, 0.25) is 5.91 Å². The number of ether oxygens (including phenoxy) is 1. The SMILES string of the molecule is COCCN(CCC(=O)N1CCN(c2ccccc2Cl)CC1)C(=O)c1cnccn1. The first kappa shape index (κ1) is 22.0. The van der Waals surface area contributed by atoms with Crippen LogP contribution in [0.2, 0.25) is 5.02 Å². The van der Waals surface area contributed by atoms with Crippen molar-refractivity contribution in [3.8, 4) is 0 Å². The van der Waals surface area contributed by atoms with E-state index in [1.165, 1.54) is 18.6 Å². The molecular weight excluding hydrogens is 406 g/mol. The quantitative estimate of drug-likeness (QED) is 0.635. The van der Waals surface area contributed by atoms with Gasteiger partial charge in [-0.05, 0) is 12.1 Å². The molecule has 1 aliphatic heterocycles. The highest BCUT2D eigenvalue weighted by molar-refractivity contribution is 6.33. The Bertz CT molecular complexity index is 844. The van der Waals surface area contributed by atoms with E-state index in [0.717, 1.165) is 18.8 Å². The third-order valence-corrected chi connectivity index (χ3v) is 5.38. The maximum Gasteiger partial charge on any atom is 0.274 e. The Morgan fingerprint density at radius 1 is 1.13 bits per heavy atom. The number of carbonyl (C=O) groups is 2. The van der Waals surface area contributed by atoms with Crippen molar-refractivity contribution in [2.75, 3.05) is 57.9 Å². The molecule has 1 aliphatic rings. The molecule has 2 heterocycles. The maximum atomic E-state index is 12.7. The van der Waals surface area contributed by atoms with Crippen molar-refractivity contribution in [1.82, 2.24) is 19.8 Å². The average Bonchev–Trinajstić information content (AvgIpc) is 2.79. The highest BCUT2D eigenvalue weighted by Crippen LogP contribution is 2.26. The van der Waals surface area contributed by atoms with E-state index in [-0.39, 0.29) is 23.9 Å². The van der Waals surface area contributed by atoms with Gasteiger partial charge in [0.1, 0.15) is 5.69 Å². The molecular formula is C21H26ClN5O3. The molecule has 0 N–H and O–H groups in total. The summed E-state index contributed by atoms with van der Waals surface area (Å²) >= 11 is 6.28. The van der Waals surface area contributed by atoms with Crippen molar-refractivity contribution in [2.45, 2.75) is 6.42 Å². The summed E-state index contributed by atoms with van der Waals surface area (Å²) in [6.07, 6.45) is 4.67. The van der Waals surface area contributed by atoms with Crippen molar-refractivity contribution in [3.63, 3.8) is 0 Å². The van der Waals surface area contributed by atoms with Gasteiger partial charge in [-0.2, -0.15) is 0 Å². The Labute approximate surface area is 181 Å². The molecule has 0 spiro atoms. The Morgan fingerprint density at radius 3 is 2.57 bits per heavy atom. The molecule has 0 saturated carbocycles. The zero-order valence-electron chi connectivity index (χ0n) is 17.0. The second-order valence-corrected chi connectivity index (χ2v) is 7.35. The van der Waals surface area contributed by atoms with Gasteiger partial charge in [0.25, 0.3) is 5.91 Å². The summed E-state index contributed by atoms with van der Waals surface area (Å²) in [7, 11) is 1.58. The standard InChI is InChI=1S/C21H26ClN5O3/c1-30-15-14-27(21(29)18-16-23-7-8-24-18)9-6-20(28)26-12-10-25(11-13-26)19-5-3-2-4-17(19)22/h2-5,7-8,16H,6,9-15H2,1H3. The lowest BCUT2D eigenvalue weighted by molar-refractivity contribution is -0.131. The van der Waals surface area contributed by atoms with Gasteiger partial charge >= 0.3 is 0 Å². The number of nitrogens with zero attached hydrogens (tertiary/aromatic N) is 5. The molecule has 1 aromatic heterocycles. The minimum atomic E-state index is -0.253. The second-order valence-electron chi connectivity index (χ2n) is 6.94. The van der Waals surface area contributed by atoms with Crippen LogP contribution < -0.4 is 4.90 Å². The lowest BCUT2D eigenvalue weighted by Gasteiger charge is -2.36. The van der Waals surface area contributed by atoms with Gasteiger partial charge in [-0.25, -0.2) is 4.98 Å². The van der Waals surface area contributed by atoms with Crippen molar-refractivity contribution in [3.05, 3.63) is 53.6 Å². The van der Waals surface area contributed by atoms with E-state index in [4.69, 9.17) is 16.3 Å². The first-order valence-corrected chi connectivity index (χ1v) is 10.3. The number of aromatic nitrogens is 2. The van der Waals surface area contributed by atoms with Gasteiger partial charge < -0.3 is 19.4 Å². The molecule has 0 radical (unpaired) electrons. The number of anilines is 1. The molecule has 2 aromatic rings. The van der Waals surface area contributed by atoms with E-state index in [0.29, 0.717) is 37.8 Å². The molecule has 9 heteroatoms. The third-order valence-electron chi connectivity index (χ3n) is 5.06. The van der Waals surface area contributed by atoms with Gasteiger partial charge in [0, 0.05) is 65.2 Å². The normalized spacial score (nSPS) is 13.9. The minimum Gasteiger partial charge on any atom is -0.383 e. The number of hydrogen-bond acceptors (Lipinski definition) is 6. The topological polar surface area (TPSA) is 78.9 Å². The van der Waals surface area contributed by atoms with Crippen molar-refractivity contribution < 1.29 is 14.3 Å². The monoisotopic (exact) mass is 431 g/mol. The summed E-state index contributed by atoms with van der Waals surface area (Å²) in [5.74, 6) is -0.223. The van der Waals surface area contributed by atoms with Crippen LogP contribution in [0, 0.1) is 0 Å². The van der Waals surface area contributed by atoms with Gasteiger partial charge in [-0.15, -0.1) is 0 Å². The zero-order chi connectivity index (χ0) is 21.3. The van der Waals surface area contributed by atoms with E-state index in [1.807, 2.05) is 29.2 Å². The lowest BCUT2D eigenvalue weighted by atomic mass is 10.2. The number of halogens is 1. The van der Waals surface area contributed by atoms with Crippen LogP contribution in [-0.2, 0) is 9.53 Å². The van der Waals surface area contributed by atoms with Crippen molar-refractivity contribution in [1.29, 1.82) is 0 Å². The van der Waals surface area contributed by atoms with Crippen LogP contribution in [0.1, 0.15) is 16.9 Å².